The molecular weight excluding hydrogens is 322 g/mol. The summed E-state index contributed by atoms with van der Waals surface area (Å²) in [5.41, 5.74) is 1.16. The number of fused-ring (bicyclic) bond motifs is 1. The number of ether oxygens (including phenoxy) is 2. The predicted molar refractivity (Wildman–Crippen MR) is 88.2 cm³/mol. The maximum Gasteiger partial charge on any atom is 0.265 e. The van der Waals surface area contributed by atoms with Crippen LogP contribution in [0.2, 0.25) is 0 Å². The molecule has 3 N–H and O–H groups in total. The highest BCUT2D eigenvalue weighted by Crippen LogP contribution is 2.32. The lowest BCUT2D eigenvalue weighted by Crippen LogP contribution is -2.53. The zero-order valence-electron chi connectivity index (χ0n) is 12.9. The third kappa shape index (κ3) is 3.74. The first-order valence-corrected chi connectivity index (χ1v) is 7.32. The van der Waals surface area contributed by atoms with Crippen LogP contribution in [-0.4, -0.2) is 43.2 Å². The zero-order valence-corrected chi connectivity index (χ0v) is 13.7. The molecule has 0 radical (unpaired) electrons. The number of carbonyl (C=O) groups excluding carboxylic acids is 2. The van der Waals surface area contributed by atoms with E-state index in [9.17, 15) is 9.59 Å². The standard InChI is InChI=1S/C15H19N3O4.ClH/c1-8-13(16-5-6-21-8)15(20)17-10-3-4-12-11(7-10)18-14(19)9(2)22-12;/h3-4,7-9,13,16H,5-6H2,1-2H3,(H,17,20)(H,18,19);1H/t8-,9?,13+;/m1./s1. The van der Waals surface area contributed by atoms with Crippen molar-refractivity contribution in [3.05, 3.63) is 18.2 Å². The van der Waals surface area contributed by atoms with Crippen LogP contribution in [0.25, 0.3) is 0 Å². The van der Waals surface area contributed by atoms with Gasteiger partial charge in [-0.2, -0.15) is 0 Å². The monoisotopic (exact) mass is 341 g/mol. The first-order valence-electron chi connectivity index (χ1n) is 7.32. The Morgan fingerprint density at radius 1 is 1.35 bits per heavy atom. The molecule has 2 heterocycles. The zero-order chi connectivity index (χ0) is 15.7. The molecule has 0 saturated carbocycles. The molecule has 0 spiro atoms. The largest absolute Gasteiger partial charge is 0.479 e. The molecule has 23 heavy (non-hydrogen) atoms. The van der Waals surface area contributed by atoms with E-state index >= 15 is 0 Å². The van der Waals surface area contributed by atoms with Gasteiger partial charge in [-0.15, -0.1) is 12.4 Å². The minimum Gasteiger partial charge on any atom is -0.479 e. The van der Waals surface area contributed by atoms with Gasteiger partial charge in [-0.1, -0.05) is 0 Å². The van der Waals surface area contributed by atoms with Crippen molar-refractivity contribution in [3.8, 4) is 5.75 Å². The van der Waals surface area contributed by atoms with Gasteiger partial charge in [-0.05, 0) is 32.0 Å². The van der Waals surface area contributed by atoms with Crippen LogP contribution < -0.4 is 20.7 Å². The Morgan fingerprint density at radius 2 is 2.13 bits per heavy atom. The molecule has 3 atom stereocenters. The fourth-order valence-corrected chi connectivity index (χ4v) is 2.53. The Kier molecular flexibility index (Phi) is 5.46. The quantitative estimate of drug-likeness (QED) is 0.751. The van der Waals surface area contributed by atoms with Gasteiger partial charge >= 0.3 is 0 Å². The third-order valence-corrected chi connectivity index (χ3v) is 3.78. The highest BCUT2D eigenvalue weighted by atomic mass is 35.5. The lowest BCUT2D eigenvalue weighted by Gasteiger charge is -2.29. The fourth-order valence-electron chi connectivity index (χ4n) is 2.53. The van der Waals surface area contributed by atoms with E-state index in [0.29, 0.717) is 30.3 Å². The van der Waals surface area contributed by atoms with Crippen molar-refractivity contribution < 1.29 is 19.1 Å². The van der Waals surface area contributed by atoms with Crippen molar-refractivity contribution in [2.24, 2.45) is 0 Å². The molecule has 2 amide bonds. The minimum absolute atomic E-state index is 0. The van der Waals surface area contributed by atoms with Gasteiger partial charge in [0.2, 0.25) is 5.91 Å². The van der Waals surface area contributed by atoms with Crippen molar-refractivity contribution in [3.63, 3.8) is 0 Å². The van der Waals surface area contributed by atoms with Gasteiger partial charge in [0.25, 0.3) is 5.91 Å². The summed E-state index contributed by atoms with van der Waals surface area (Å²) in [7, 11) is 0. The molecule has 126 valence electrons. The second-order valence-electron chi connectivity index (χ2n) is 5.46. The molecule has 2 aliphatic rings. The number of morpholine rings is 1. The van der Waals surface area contributed by atoms with Gasteiger partial charge in [-0.3, -0.25) is 9.59 Å². The van der Waals surface area contributed by atoms with Gasteiger partial charge in [0.1, 0.15) is 11.8 Å². The van der Waals surface area contributed by atoms with Gasteiger partial charge < -0.3 is 25.4 Å². The average Bonchev–Trinajstić information content (AvgIpc) is 2.49. The van der Waals surface area contributed by atoms with Crippen LogP contribution in [0.4, 0.5) is 11.4 Å². The number of nitrogens with one attached hydrogen (secondary N) is 3. The number of carbonyl (C=O) groups is 2. The topological polar surface area (TPSA) is 88.7 Å². The lowest BCUT2D eigenvalue weighted by molar-refractivity contribution is -0.124. The van der Waals surface area contributed by atoms with Crippen LogP contribution in [0.15, 0.2) is 18.2 Å². The molecule has 1 aromatic rings. The summed E-state index contributed by atoms with van der Waals surface area (Å²) in [6.45, 7) is 4.79. The van der Waals surface area contributed by atoms with Gasteiger partial charge in [0, 0.05) is 12.2 Å². The van der Waals surface area contributed by atoms with Gasteiger partial charge in [-0.25, -0.2) is 0 Å². The van der Waals surface area contributed by atoms with Gasteiger partial charge in [0.05, 0.1) is 18.4 Å². The van der Waals surface area contributed by atoms with E-state index in [1.165, 1.54) is 0 Å². The van der Waals surface area contributed by atoms with Crippen LogP contribution in [0, 0.1) is 0 Å². The molecule has 1 fully saturated rings. The lowest BCUT2D eigenvalue weighted by atomic mass is 10.1. The van der Waals surface area contributed by atoms with Crippen molar-refractivity contribution in [2.75, 3.05) is 23.8 Å². The molecular formula is C15H20ClN3O4. The molecule has 1 saturated heterocycles. The van der Waals surface area contributed by atoms with E-state index in [2.05, 4.69) is 16.0 Å². The van der Waals surface area contributed by atoms with Crippen LogP contribution in [0.5, 0.6) is 5.75 Å². The van der Waals surface area contributed by atoms with Crippen molar-refractivity contribution in [2.45, 2.75) is 32.1 Å². The van der Waals surface area contributed by atoms with Gasteiger partial charge in [0.15, 0.2) is 6.10 Å². The molecule has 3 rings (SSSR count). The Morgan fingerprint density at radius 3 is 2.87 bits per heavy atom. The van der Waals surface area contributed by atoms with Crippen molar-refractivity contribution in [1.82, 2.24) is 5.32 Å². The van der Waals surface area contributed by atoms with Crippen LogP contribution in [-0.2, 0) is 14.3 Å². The van der Waals surface area contributed by atoms with E-state index in [0.717, 1.165) is 0 Å². The molecule has 7 nitrogen and oxygen atoms in total. The number of halogens is 1. The summed E-state index contributed by atoms with van der Waals surface area (Å²) in [5, 5.41) is 8.72. The summed E-state index contributed by atoms with van der Waals surface area (Å²) in [6.07, 6.45) is -0.701. The first-order chi connectivity index (χ1) is 10.5. The van der Waals surface area contributed by atoms with Crippen molar-refractivity contribution in [1.29, 1.82) is 0 Å². The number of rotatable bonds is 2. The highest BCUT2D eigenvalue weighted by molar-refractivity contribution is 6.00. The number of amides is 2. The molecule has 8 heteroatoms. The van der Waals surface area contributed by atoms with Crippen molar-refractivity contribution >= 4 is 35.6 Å². The molecule has 1 unspecified atom stereocenters. The Hall–Kier alpha value is -1.83. The van der Waals surface area contributed by atoms with Crippen LogP contribution in [0.3, 0.4) is 0 Å². The Balaban J connectivity index is 0.00000192. The Bertz CT molecular complexity index is 610. The number of anilines is 2. The minimum atomic E-state index is -0.516. The fraction of sp³-hybridized carbons (Fsp3) is 0.467. The molecule has 0 aliphatic carbocycles. The molecule has 2 aliphatic heterocycles. The van der Waals surface area contributed by atoms with Crippen LogP contribution >= 0.6 is 12.4 Å². The predicted octanol–water partition coefficient (Wildman–Crippen LogP) is 1.14. The van der Waals surface area contributed by atoms with E-state index in [1.807, 2.05) is 6.92 Å². The molecule has 0 bridgehead atoms. The second-order valence-corrected chi connectivity index (χ2v) is 5.46. The van der Waals surface area contributed by atoms with Crippen LogP contribution in [0.1, 0.15) is 13.8 Å². The van der Waals surface area contributed by atoms with E-state index in [1.54, 1.807) is 25.1 Å². The summed E-state index contributed by atoms with van der Waals surface area (Å²) < 4.78 is 10.9. The summed E-state index contributed by atoms with van der Waals surface area (Å²) in [6, 6.07) is 4.77. The summed E-state index contributed by atoms with van der Waals surface area (Å²) in [4.78, 5) is 23.9. The molecule has 1 aromatic carbocycles. The maximum absolute atomic E-state index is 12.3. The summed E-state index contributed by atoms with van der Waals surface area (Å²) in [5.74, 6) is 0.230. The van der Waals surface area contributed by atoms with E-state index < -0.39 is 12.1 Å². The SMILES string of the molecule is CC1Oc2ccc(NC(=O)[C@H]3NCCO[C@@H]3C)cc2NC1=O.Cl. The maximum atomic E-state index is 12.3. The van der Waals surface area contributed by atoms with E-state index in [4.69, 9.17) is 9.47 Å². The highest BCUT2D eigenvalue weighted by Gasteiger charge is 2.29. The first kappa shape index (κ1) is 17.5. The number of benzene rings is 1. The normalized spacial score (nSPS) is 26.2. The van der Waals surface area contributed by atoms with E-state index in [-0.39, 0.29) is 30.3 Å². The number of hydrogen-bond acceptors (Lipinski definition) is 5. The summed E-state index contributed by atoms with van der Waals surface area (Å²) >= 11 is 0. The molecule has 0 aromatic heterocycles. The second kappa shape index (κ2) is 7.16. The third-order valence-electron chi connectivity index (χ3n) is 3.78. The smallest absolute Gasteiger partial charge is 0.265 e. The Labute approximate surface area is 140 Å². The average molecular weight is 342 g/mol. The number of hydrogen-bond donors (Lipinski definition) is 3.